The first-order chi connectivity index (χ1) is 9.71. The van der Waals surface area contributed by atoms with Crippen molar-refractivity contribution in [1.29, 1.82) is 0 Å². The van der Waals surface area contributed by atoms with Crippen LogP contribution in [0, 0.1) is 5.41 Å². The molecule has 0 radical (unpaired) electrons. The number of nitrogens with two attached hydrogens (primary N) is 1. The van der Waals surface area contributed by atoms with Crippen molar-refractivity contribution in [3.05, 3.63) is 29.8 Å². The molecule has 1 heterocycles. The summed E-state index contributed by atoms with van der Waals surface area (Å²) >= 11 is 0. The number of ether oxygens (including phenoxy) is 1. The third kappa shape index (κ3) is 1.96. The molecule has 2 N–H and O–H groups in total. The molecule has 3 aliphatic rings. The van der Waals surface area contributed by atoms with E-state index in [1.54, 1.807) is 0 Å². The van der Waals surface area contributed by atoms with E-state index in [1.165, 1.54) is 56.9 Å². The lowest BCUT2D eigenvalue weighted by Crippen LogP contribution is -2.47. The quantitative estimate of drug-likeness (QED) is 0.761. The van der Waals surface area contributed by atoms with Gasteiger partial charge in [0.1, 0.15) is 11.4 Å². The lowest BCUT2D eigenvalue weighted by molar-refractivity contribution is -0.0327. The molecule has 0 aromatic heterocycles. The number of benzene rings is 1. The van der Waals surface area contributed by atoms with Crippen LogP contribution in [-0.4, -0.2) is 5.60 Å². The Kier molecular flexibility index (Phi) is 2.85. The van der Waals surface area contributed by atoms with Crippen molar-refractivity contribution in [2.75, 3.05) is 0 Å². The number of hydrogen-bond donors (Lipinski definition) is 1. The van der Waals surface area contributed by atoms with Crippen LogP contribution in [-0.2, 0) is 0 Å². The predicted octanol–water partition coefficient (Wildman–Crippen LogP) is 4.34. The number of hydrogen-bond acceptors (Lipinski definition) is 2. The summed E-state index contributed by atoms with van der Waals surface area (Å²) in [7, 11) is 0. The van der Waals surface area contributed by atoms with E-state index in [4.69, 9.17) is 10.5 Å². The van der Waals surface area contributed by atoms with Gasteiger partial charge in [-0.05, 0) is 50.0 Å². The summed E-state index contributed by atoms with van der Waals surface area (Å²) in [6, 6.07) is 8.49. The average molecular weight is 271 g/mol. The normalized spacial score (nSPS) is 30.1. The van der Waals surface area contributed by atoms with Crippen LogP contribution in [0.25, 0.3) is 0 Å². The summed E-state index contributed by atoms with van der Waals surface area (Å²) in [4.78, 5) is 0. The molecule has 1 atom stereocenters. The number of fused-ring (bicyclic) bond motifs is 1. The van der Waals surface area contributed by atoms with Crippen molar-refractivity contribution in [1.82, 2.24) is 0 Å². The van der Waals surface area contributed by atoms with E-state index in [2.05, 4.69) is 24.3 Å². The molecule has 2 nitrogen and oxygen atoms in total. The van der Waals surface area contributed by atoms with Gasteiger partial charge in [-0.2, -0.15) is 0 Å². The Hall–Kier alpha value is -1.02. The molecule has 1 aromatic rings. The Balaban J connectivity index is 1.56. The molecule has 0 saturated heterocycles. The molecule has 1 aromatic carbocycles. The zero-order valence-corrected chi connectivity index (χ0v) is 12.2. The number of rotatable bonds is 0. The fourth-order valence-corrected chi connectivity index (χ4v) is 4.83. The molecule has 0 unspecified atom stereocenters. The predicted molar refractivity (Wildman–Crippen MR) is 80.7 cm³/mol. The van der Waals surface area contributed by atoms with Crippen molar-refractivity contribution < 1.29 is 4.74 Å². The summed E-state index contributed by atoms with van der Waals surface area (Å²) < 4.78 is 6.45. The summed E-state index contributed by atoms with van der Waals surface area (Å²) in [6.45, 7) is 0. The fraction of sp³-hybridized carbons (Fsp3) is 0.667. The topological polar surface area (TPSA) is 35.2 Å². The zero-order chi connectivity index (χ0) is 13.6. The number of para-hydroxylation sites is 1. The second kappa shape index (κ2) is 4.49. The SMILES string of the molecule is N[C@@H]1CC2(CCC3(CCCC3)CC2)Oc2ccccc21. The van der Waals surface area contributed by atoms with E-state index in [9.17, 15) is 0 Å². The minimum atomic E-state index is 0.0294. The third-order valence-corrected chi connectivity index (χ3v) is 6.12. The van der Waals surface area contributed by atoms with E-state index in [0.717, 1.165) is 12.2 Å². The van der Waals surface area contributed by atoms with Crippen molar-refractivity contribution in [3.8, 4) is 5.75 Å². The molecule has 4 rings (SSSR count). The summed E-state index contributed by atoms with van der Waals surface area (Å²) in [5.41, 5.74) is 8.30. The molecular formula is C18H25NO. The smallest absolute Gasteiger partial charge is 0.124 e. The highest BCUT2D eigenvalue weighted by Gasteiger charge is 2.47. The lowest BCUT2D eigenvalue weighted by Gasteiger charge is -2.48. The van der Waals surface area contributed by atoms with Crippen LogP contribution in [0.5, 0.6) is 5.75 Å². The first kappa shape index (κ1) is 12.7. The molecule has 2 saturated carbocycles. The van der Waals surface area contributed by atoms with Crippen molar-refractivity contribution in [2.45, 2.75) is 69.4 Å². The average Bonchev–Trinajstić information content (AvgIpc) is 2.92. The Bertz CT molecular complexity index is 494. The van der Waals surface area contributed by atoms with Gasteiger partial charge in [0.05, 0.1) is 0 Å². The van der Waals surface area contributed by atoms with Gasteiger partial charge in [-0.3, -0.25) is 0 Å². The monoisotopic (exact) mass is 271 g/mol. The van der Waals surface area contributed by atoms with Gasteiger partial charge in [0.2, 0.25) is 0 Å². The summed E-state index contributed by atoms with van der Waals surface area (Å²) in [5.74, 6) is 1.04. The fourth-order valence-electron chi connectivity index (χ4n) is 4.83. The van der Waals surface area contributed by atoms with Crippen LogP contribution in [0.4, 0.5) is 0 Å². The van der Waals surface area contributed by atoms with Crippen LogP contribution in [0.3, 0.4) is 0 Å². The highest BCUT2D eigenvalue weighted by molar-refractivity contribution is 5.38. The molecule has 2 heteroatoms. The van der Waals surface area contributed by atoms with Gasteiger partial charge >= 0.3 is 0 Å². The molecule has 108 valence electrons. The van der Waals surface area contributed by atoms with Crippen LogP contribution < -0.4 is 10.5 Å². The van der Waals surface area contributed by atoms with Crippen molar-refractivity contribution >= 4 is 0 Å². The molecule has 2 spiro atoms. The van der Waals surface area contributed by atoms with E-state index < -0.39 is 0 Å². The highest BCUT2D eigenvalue weighted by Crippen LogP contribution is 2.55. The lowest BCUT2D eigenvalue weighted by atomic mass is 9.65. The maximum Gasteiger partial charge on any atom is 0.124 e. The van der Waals surface area contributed by atoms with E-state index >= 15 is 0 Å². The Labute approximate surface area is 121 Å². The van der Waals surface area contributed by atoms with E-state index in [-0.39, 0.29) is 11.6 Å². The van der Waals surface area contributed by atoms with Gasteiger partial charge in [-0.1, -0.05) is 31.0 Å². The Morgan fingerprint density at radius 2 is 1.65 bits per heavy atom. The van der Waals surface area contributed by atoms with Gasteiger partial charge in [-0.25, -0.2) is 0 Å². The van der Waals surface area contributed by atoms with E-state index in [1.807, 2.05) is 0 Å². The summed E-state index contributed by atoms with van der Waals surface area (Å²) in [6.07, 6.45) is 11.9. The molecule has 0 amide bonds. The minimum absolute atomic E-state index is 0.0294. The second-order valence-corrected chi connectivity index (χ2v) is 7.34. The Morgan fingerprint density at radius 3 is 2.40 bits per heavy atom. The van der Waals surface area contributed by atoms with Gasteiger partial charge < -0.3 is 10.5 Å². The maximum atomic E-state index is 6.45. The Morgan fingerprint density at radius 1 is 0.950 bits per heavy atom. The first-order valence-corrected chi connectivity index (χ1v) is 8.24. The molecule has 20 heavy (non-hydrogen) atoms. The van der Waals surface area contributed by atoms with Gasteiger partial charge in [0.25, 0.3) is 0 Å². The van der Waals surface area contributed by atoms with Crippen molar-refractivity contribution in [2.24, 2.45) is 11.1 Å². The van der Waals surface area contributed by atoms with Gasteiger partial charge in [0.15, 0.2) is 0 Å². The van der Waals surface area contributed by atoms with E-state index in [0.29, 0.717) is 5.41 Å². The minimum Gasteiger partial charge on any atom is -0.487 e. The standard InChI is InChI=1S/C18H25NO/c19-15-13-18(20-16-6-2-1-5-14(15)16)11-9-17(10-12-18)7-3-4-8-17/h1-2,5-6,15H,3-4,7-13,19H2/t15-/m1/s1. The van der Waals surface area contributed by atoms with Crippen LogP contribution in [0.2, 0.25) is 0 Å². The first-order valence-electron chi connectivity index (χ1n) is 8.24. The molecule has 2 aliphatic carbocycles. The van der Waals surface area contributed by atoms with Gasteiger partial charge in [-0.15, -0.1) is 0 Å². The molecular weight excluding hydrogens is 246 g/mol. The molecule has 1 aliphatic heterocycles. The third-order valence-electron chi connectivity index (χ3n) is 6.12. The molecule has 0 bridgehead atoms. The maximum absolute atomic E-state index is 6.45. The van der Waals surface area contributed by atoms with Gasteiger partial charge in [0, 0.05) is 18.0 Å². The molecule has 2 fully saturated rings. The zero-order valence-electron chi connectivity index (χ0n) is 12.2. The largest absolute Gasteiger partial charge is 0.487 e. The van der Waals surface area contributed by atoms with Crippen LogP contribution >= 0.6 is 0 Å². The van der Waals surface area contributed by atoms with Crippen LogP contribution in [0.15, 0.2) is 24.3 Å². The van der Waals surface area contributed by atoms with Crippen LogP contribution in [0.1, 0.15) is 69.4 Å². The second-order valence-electron chi connectivity index (χ2n) is 7.34. The highest BCUT2D eigenvalue weighted by atomic mass is 16.5. The van der Waals surface area contributed by atoms with Crippen molar-refractivity contribution in [3.63, 3.8) is 0 Å². The summed E-state index contributed by atoms with van der Waals surface area (Å²) in [5, 5.41) is 0.